The number of aromatic nitrogens is 1. The molecule has 0 bridgehead atoms. The van der Waals surface area contributed by atoms with E-state index in [1.54, 1.807) is 7.11 Å². The molecule has 162 valence electrons. The quantitative estimate of drug-likeness (QED) is 0.374. The summed E-state index contributed by atoms with van der Waals surface area (Å²) in [6.45, 7) is 3.77. The van der Waals surface area contributed by atoms with Gasteiger partial charge in [-0.05, 0) is 68.1 Å². The molecule has 10 heteroatoms. The summed E-state index contributed by atoms with van der Waals surface area (Å²) < 4.78 is 9.45. The van der Waals surface area contributed by atoms with E-state index in [1.807, 2.05) is 24.3 Å². The number of amides is 2. The molecule has 30 heavy (non-hydrogen) atoms. The number of likely N-dealkylation sites (tertiary alicyclic amines) is 1. The maximum Gasteiger partial charge on any atom is 0.341 e. The molecule has 1 saturated heterocycles. The van der Waals surface area contributed by atoms with E-state index in [0.29, 0.717) is 17.3 Å². The Morgan fingerprint density at radius 1 is 1.33 bits per heavy atom. The second-order valence-corrected chi connectivity index (χ2v) is 8.66. The number of methoxy groups -OCH3 is 1. The van der Waals surface area contributed by atoms with Crippen molar-refractivity contribution >= 4 is 40.3 Å². The molecule has 1 aromatic carbocycles. The van der Waals surface area contributed by atoms with Crippen LogP contribution in [0.1, 0.15) is 35.2 Å². The van der Waals surface area contributed by atoms with Crippen LogP contribution in [0, 0.1) is 0 Å². The summed E-state index contributed by atoms with van der Waals surface area (Å²) in [6.07, 6.45) is 3.36. The van der Waals surface area contributed by atoms with Gasteiger partial charge >= 0.3 is 12.0 Å². The minimum atomic E-state index is -1.11. The van der Waals surface area contributed by atoms with Crippen molar-refractivity contribution in [3.63, 3.8) is 0 Å². The van der Waals surface area contributed by atoms with Crippen molar-refractivity contribution in [3.8, 4) is 5.75 Å². The number of rotatable bonds is 10. The van der Waals surface area contributed by atoms with E-state index < -0.39 is 12.0 Å². The van der Waals surface area contributed by atoms with E-state index in [1.165, 1.54) is 24.6 Å². The van der Waals surface area contributed by atoms with Crippen molar-refractivity contribution < 1.29 is 19.4 Å². The van der Waals surface area contributed by atoms with Crippen molar-refractivity contribution in [1.82, 2.24) is 14.6 Å². The summed E-state index contributed by atoms with van der Waals surface area (Å²) >= 11 is 2.30. The lowest BCUT2D eigenvalue weighted by molar-refractivity contribution is 0.0694. The summed E-state index contributed by atoms with van der Waals surface area (Å²) in [4.78, 5) is 26.3. The second-order valence-electron chi connectivity index (χ2n) is 6.92. The van der Waals surface area contributed by atoms with Gasteiger partial charge < -0.3 is 20.1 Å². The Balaban J connectivity index is 1.52. The molecule has 8 nitrogen and oxygen atoms in total. The number of hydrogen-bond acceptors (Lipinski definition) is 7. The minimum Gasteiger partial charge on any atom is -0.497 e. The van der Waals surface area contributed by atoms with Gasteiger partial charge in [0.2, 0.25) is 0 Å². The lowest BCUT2D eigenvalue weighted by atomic mass is 10.2. The summed E-state index contributed by atoms with van der Waals surface area (Å²) in [7, 11) is 1.60. The Hall–Kier alpha value is -2.30. The number of carbonyl (C=O) groups excluding carboxylic acids is 1. The average molecular weight is 451 g/mol. The van der Waals surface area contributed by atoms with Gasteiger partial charge in [-0.15, -0.1) is 0 Å². The van der Waals surface area contributed by atoms with Gasteiger partial charge in [0.1, 0.15) is 21.3 Å². The predicted octanol–water partition coefficient (Wildman–Crippen LogP) is 3.75. The number of carboxylic acid groups (broad SMARTS) is 1. The highest BCUT2D eigenvalue weighted by molar-refractivity contribution is 7.98. The molecule has 0 atom stereocenters. The topological polar surface area (TPSA) is 104 Å². The van der Waals surface area contributed by atoms with Crippen molar-refractivity contribution in [3.05, 3.63) is 35.4 Å². The Labute approximate surface area is 184 Å². The SMILES string of the molecule is COc1cccc(CSc2nsc(NC(=O)NCCCN3CCCC3)c2C(=O)O)c1. The van der Waals surface area contributed by atoms with Crippen LogP contribution in [0.15, 0.2) is 29.3 Å². The van der Waals surface area contributed by atoms with Crippen molar-refractivity contribution in [2.45, 2.75) is 30.0 Å². The fourth-order valence-corrected chi connectivity index (χ4v) is 5.10. The van der Waals surface area contributed by atoms with Crippen LogP contribution < -0.4 is 15.4 Å². The van der Waals surface area contributed by atoms with E-state index >= 15 is 0 Å². The molecular formula is C20H26N4O4S2. The van der Waals surface area contributed by atoms with Crippen LogP contribution in [0.4, 0.5) is 9.80 Å². The van der Waals surface area contributed by atoms with E-state index in [9.17, 15) is 14.7 Å². The van der Waals surface area contributed by atoms with Gasteiger partial charge in [0, 0.05) is 12.3 Å². The zero-order valence-corrected chi connectivity index (χ0v) is 18.5. The number of carbonyl (C=O) groups is 2. The first-order valence-corrected chi connectivity index (χ1v) is 11.6. The zero-order valence-electron chi connectivity index (χ0n) is 16.8. The van der Waals surface area contributed by atoms with Crippen LogP contribution in [0.25, 0.3) is 0 Å². The number of hydrogen-bond donors (Lipinski definition) is 3. The third-order valence-electron chi connectivity index (χ3n) is 4.75. The van der Waals surface area contributed by atoms with E-state index in [-0.39, 0.29) is 10.6 Å². The summed E-state index contributed by atoms with van der Waals surface area (Å²) in [5.74, 6) is 0.179. The maximum atomic E-state index is 12.2. The molecule has 1 aliphatic rings. The molecule has 1 aromatic heterocycles. The van der Waals surface area contributed by atoms with E-state index in [4.69, 9.17) is 4.74 Å². The number of benzene rings is 1. The van der Waals surface area contributed by atoms with Crippen molar-refractivity contribution in [2.75, 3.05) is 38.6 Å². The van der Waals surface area contributed by atoms with Crippen LogP contribution in [-0.2, 0) is 5.75 Å². The van der Waals surface area contributed by atoms with Crippen LogP contribution in [-0.4, -0.2) is 59.7 Å². The molecule has 3 N–H and O–H groups in total. The van der Waals surface area contributed by atoms with Crippen LogP contribution in [0.2, 0.25) is 0 Å². The maximum absolute atomic E-state index is 12.2. The van der Waals surface area contributed by atoms with Gasteiger partial charge in [0.15, 0.2) is 0 Å². The third-order valence-corrected chi connectivity index (χ3v) is 6.67. The zero-order chi connectivity index (χ0) is 21.3. The number of anilines is 1. The largest absolute Gasteiger partial charge is 0.497 e. The first-order valence-electron chi connectivity index (χ1n) is 9.82. The first kappa shape index (κ1) is 22.4. The van der Waals surface area contributed by atoms with Crippen LogP contribution >= 0.6 is 23.3 Å². The number of aromatic carboxylic acids is 1. The number of nitrogens with one attached hydrogen (secondary N) is 2. The molecule has 0 spiro atoms. The lowest BCUT2D eigenvalue weighted by Gasteiger charge is -2.14. The fourth-order valence-electron chi connectivity index (χ4n) is 3.22. The van der Waals surface area contributed by atoms with Gasteiger partial charge in [0.25, 0.3) is 0 Å². The summed E-state index contributed by atoms with van der Waals surface area (Å²) in [5.41, 5.74) is 1.02. The molecule has 3 rings (SSSR count). The fraction of sp³-hybridized carbons (Fsp3) is 0.450. The van der Waals surface area contributed by atoms with Crippen molar-refractivity contribution in [1.29, 1.82) is 0 Å². The molecule has 0 unspecified atom stereocenters. The third kappa shape index (κ3) is 6.35. The number of carboxylic acids is 1. The first-order chi connectivity index (χ1) is 14.6. The Morgan fingerprint density at radius 3 is 2.87 bits per heavy atom. The lowest BCUT2D eigenvalue weighted by Crippen LogP contribution is -2.32. The summed E-state index contributed by atoms with van der Waals surface area (Å²) in [5, 5.41) is 15.7. The Kier molecular flexibility index (Phi) is 8.35. The molecule has 0 radical (unpaired) electrons. The average Bonchev–Trinajstić information content (AvgIpc) is 3.39. The molecule has 1 fully saturated rings. The molecular weight excluding hydrogens is 424 g/mol. The number of thioether (sulfide) groups is 1. The molecule has 0 aliphatic carbocycles. The van der Waals surface area contributed by atoms with Gasteiger partial charge in [-0.25, -0.2) is 9.59 Å². The molecule has 2 aromatic rings. The molecule has 0 saturated carbocycles. The molecule has 1 aliphatic heterocycles. The van der Waals surface area contributed by atoms with Gasteiger partial charge in [0.05, 0.1) is 7.11 Å². The van der Waals surface area contributed by atoms with Gasteiger partial charge in [-0.2, -0.15) is 4.37 Å². The van der Waals surface area contributed by atoms with Crippen LogP contribution in [0.5, 0.6) is 5.75 Å². The van der Waals surface area contributed by atoms with Gasteiger partial charge in [-0.3, -0.25) is 5.32 Å². The normalized spacial score (nSPS) is 13.9. The standard InChI is InChI=1S/C20H26N4O4S2/c1-28-15-7-4-6-14(12-15)13-29-18-16(19(25)26)17(30-23-18)22-20(27)21-8-5-11-24-9-2-3-10-24/h4,6-7,12H,2-3,5,8-11,13H2,1H3,(H,25,26)(H2,21,22,27). The Morgan fingerprint density at radius 2 is 2.13 bits per heavy atom. The second kappa shape index (κ2) is 11.2. The predicted molar refractivity (Wildman–Crippen MR) is 119 cm³/mol. The highest BCUT2D eigenvalue weighted by Gasteiger charge is 2.22. The van der Waals surface area contributed by atoms with Crippen molar-refractivity contribution in [2.24, 2.45) is 0 Å². The van der Waals surface area contributed by atoms with E-state index in [2.05, 4.69) is 19.9 Å². The smallest absolute Gasteiger partial charge is 0.341 e. The highest BCUT2D eigenvalue weighted by atomic mass is 32.2. The number of ether oxygens (including phenoxy) is 1. The highest BCUT2D eigenvalue weighted by Crippen LogP contribution is 2.34. The summed E-state index contributed by atoms with van der Waals surface area (Å²) in [6, 6.07) is 7.17. The van der Waals surface area contributed by atoms with Gasteiger partial charge in [-0.1, -0.05) is 23.9 Å². The molecule has 2 amide bonds. The number of nitrogens with zero attached hydrogens (tertiary/aromatic N) is 2. The monoisotopic (exact) mass is 450 g/mol. The minimum absolute atomic E-state index is 0.0279. The molecule has 2 heterocycles. The van der Waals surface area contributed by atoms with Crippen LogP contribution in [0.3, 0.4) is 0 Å². The number of urea groups is 1. The van der Waals surface area contributed by atoms with E-state index in [0.717, 1.165) is 48.9 Å². The Bertz CT molecular complexity index is 868.